The van der Waals surface area contributed by atoms with Crippen molar-refractivity contribution in [2.75, 3.05) is 23.2 Å². The third-order valence-corrected chi connectivity index (χ3v) is 4.91. The van der Waals surface area contributed by atoms with Crippen LogP contribution in [0.4, 0.5) is 40.6 Å². The molecule has 0 aliphatic carbocycles. The summed E-state index contributed by atoms with van der Waals surface area (Å²) < 4.78 is 5.15. The average molecular weight is 517 g/mol. The van der Waals surface area contributed by atoms with Crippen molar-refractivity contribution >= 4 is 46.8 Å². The van der Waals surface area contributed by atoms with E-state index < -0.39 is 9.85 Å². The van der Waals surface area contributed by atoms with Crippen molar-refractivity contribution in [1.82, 2.24) is 15.0 Å². The Kier molecular flexibility index (Phi) is 7.47. The van der Waals surface area contributed by atoms with Gasteiger partial charge < -0.3 is 20.5 Å². The summed E-state index contributed by atoms with van der Waals surface area (Å²) in [5, 5.41) is 41.8. The minimum absolute atomic E-state index is 0.0124. The lowest BCUT2D eigenvalue weighted by atomic mass is 10.2. The molecule has 3 aromatic carbocycles. The number of ether oxygens (including phenoxy) is 1. The highest BCUT2D eigenvalue weighted by atomic mass is 16.6. The van der Waals surface area contributed by atoms with Crippen LogP contribution in [0.3, 0.4) is 0 Å². The predicted molar refractivity (Wildman–Crippen MR) is 138 cm³/mol. The van der Waals surface area contributed by atoms with E-state index in [0.29, 0.717) is 17.1 Å². The molecule has 1 heterocycles. The number of nitro groups is 2. The number of phenolic OH excluding ortho intramolecular Hbond substituents is 1. The highest BCUT2D eigenvalue weighted by Crippen LogP contribution is 2.23. The molecule has 0 spiro atoms. The summed E-state index contributed by atoms with van der Waals surface area (Å²) in [5.41, 5.74) is 3.53. The summed E-state index contributed by atoms with van der Waals surface area (Å²) in [5.74, 6) is 0.653. The van der Waals surface area contributed by atoms with Gasteiger partial charge in [-0.05, 0) is 42.5 Å². The van der Waals surface area contributed by atoms with Crippen molar-refractivity contribution in [1.29, 1.82) is 0 Å². The number of anilines is 5. The number of hydrogen-bond donors (Lipinski definition) is 4. The van der Waals surface area contributed by atoms with Gasteiger partial charge in [0, 0.05) is 41.2 Å². The lowest BCUT2D eigenvalue weighted by Gasteiger charge is -2.10. The summed E-state index contributed by atoms with van der Waals surface area (Å²) >= 11 is 0. The number of methoxy groups -OCH3 is 1. The molecule has 15 heteroatoms. The SMILES string of the molecule is COc1ccc(Nc2nc(NN=Cc3cc([N+](=O)[O-])ccc3O)nc(Nc3ccc([N+](=O)[O-])cc3)n2)cc1. The number of phenols is 1. The number of aromatic hydroxyl groups is 1. The lowest BCUT2D eigenvalue weighted by molar-refractivity contribution is -0.385. The van der Waals surface area contributed by atoms with Crippen molar-refractivity contribution in [3.05, 3.63) is 92.5 Å². The second-order valence-electron chi connectivity index (χ2n) is 7.46. The Morgan fingerprint density at radius 1 is 0.816 bits per heavy atom. The zero-order chi connectivity index (χ0) is 27.1. The van der Waals surface area contributed by atoms with Gasteiger partial charge in [0.15, 0.2) is 0 Å². The number of nitrogens with one attached hydrogen (secondary N) is 3. The van der Waals surface area contributed by atoms with Crippen molar-refractivity contribution in [2.45, 2.75) is 0 Å². The number of non-ortho nitro benzene ring substituents is 2. The van der Waals surface area contributed by atoms with Crippen LogP contribution in [0.25, 0.3) is 0 Å². The molecule has 4 N–H and O–H groups in total. The van der Waals surface area contributed by atoms with Gasteiger partial charge in [0.2, 0.25) is 17.8 Å². The molecule has 0 fully saturated rings. The van der Waals surface area contributed by atoms with Gasteiger partial charge in [-0.2, -0.15) is 20.1 Å². The largest absolute Gasteiger partial charge is 0.507 e. The summed E-state index contributed by atoms with van der Waals surface area (Å²) in [6.45, 7) is 0. The molecule has 0 bridgehead atoms. The van der Waals surface area contributed by atoms with Crippen LogP contribution in [0.15, 0.2) is 71.8 Å². The molecule has 15 nitrogen and oxygen atoms in total. The number of rotatable bonds is 10. The number of nitrogens with zero attached hydrogens (tertiary/aromatic N) is 6. The Morgan fingerprint density at radius 3 is 1.89 bits per heavy atom. The van der Waals surface area contributed by atoms with Crippen LogP contribution in [0.5, 0.6) is 11.5 Å². The monoisotopic (exact) mass is 517 g/mol. The summed E-state index contributed by atoms with van der Waals surface area (Å²) in [7, 11) is 1.55. The number of aromatic nitrogens is 3. The Labute approximate surface area is 214 Å². The Hall–Kier alpha value is -5.86. The van der Waals surface area contributed by atoms with Gasteiger partial charge in [-0.25, -0.2) is 5.43 Å². The Bertz CT molecular complexity index is 1490. The smallest absolute Gasteiger partial charge is 0.270 e. The minimum Gasteiger partial charge on any atom is -0.507 e. The first kappa shape index (κ1) is 25.2. The van der Waals surface area contributed by atoms with E-state index in [1.807, 2.05) is 0 Å². The van der Waals surface area contributed by atoms with Crippen molar-refractivity contribution in [3.63, 3.8) is 0 Å². The zero-order valence-corrected chi connectivity index (χ0v) is 19.6. The molecular weight excluding hydrogens is 498 g/mol. The standard InChI is InChI=1S/C23H19N9O6/c1-38-19-9-4-16(5-10-19)26-22-27-21(25-15-2-6-17(7-3-15)31(34)35)28-23(29-22)30-24-13-14-12-18(32(36)37)8-11-20(14)33/h2-13,33H,1H3,(H3,25,26,27,28,29,30). The third kappa shape index (κ3) is 6.42. The van der Waals surface area contributed by atoms with Gasteiger partial charge in [-0.3, -0.25) is 20.2 Å². The summed E-state index contributed by atoms with van der Waals surface area (Å²) in [6, 6.07) is 16.2. The fraction of sp³-hybridized carbons (Fsp3) is 0.0435. The molecule has 0 unspecified atom stereocenters. The molecular formula is C23H19N9O6. The Morgan fingerprint density at radius 2 is 1.34 bits per heavy atom. The number of benzene rings is 3. The maximum absolute atomic E-state index is 11.0. The average Bonchev–Trinajstić information content (AvgIpc) is 2.90. The molecule has 192 valence electrons. The lowest BCUT2D eigenvalue weighted by Crippen LogP contribution is -2.07. The van der Waals surface area contributed by atoms with Gasteiger partial charge in [0.1, 0.15) is 11.5 Å². The van der Waals surface area contributed by atoms with Crippen LogP contribution < -0.4 is 20.8 Å². The first-order valence-electron chi connectivity index (χ1n) is 10.8. The first-order chi connectivity index (χ1) is 18.3. The first-order valence-corrected chi connectivity index (χ1v) is 10.8. The van der Waals surface area contributed by atoms with Gasteiger partial charge in [-0.15, -0.1) is 0 Å². The molecule has 0 radical (unpaired) electrons. The van der Waals surface area contributed by atoms with E-state index in [0.717, 1.165) is 6.07 Å². The van der Waals surface area contributed by atoms with E-state index in [2.05, 4.69) is 36.1 Å². The fourth-order valence-corrected chi connectivity index (χ4v) is 3.06. The Balaban J connectivity index is 1.60. The van der Waals surface area contributed by atoms with Crippen LogP contribution in [0, 0.1) is 20.2 Å². The number of nitro benzene ring substituents is 2. The number of hydrazone groups is 1. The van der Waals surface area contributed by atoms with E-state index in [1.54, 1.807) is 31.4 Å². The molecule has 0 amide bonds. The summed E-state index contributed by atoms with van der Waals surface area (Å²) in [6.07, 6.45) is 1.17. The molecule has 0 aliphatic rings. The van der Waals surface area contributed by atoms with E-state index in [1.165, 1.54) is 42.6 Å². The minimum atomic E-state index is -0.594. The van der Waals surface area contributed by atoms with Gasteiger partial charge in [0.25, 0.3) is 11.4 Å². The van der Waals surface area contributed by atoms with Gasteiger partial charge in [0.05, 0.1) is 23.2 Å². The summed E-state index contributed by atoms with van der Waals surface area (Å²) in [4.78, 5) is 33.6. The maximum atomic E-state index is 11.0. The van der Waals surface area contributed by atoms with Crippen LogP contribution >= 0.6 is 0 Å². The topological polar surface area (TPSA) is 203 Å². The third-order valence-electron chi connectivity index (χ3n) is 4.91. The van der Waals surface area contributed by atoms with Gasteiger partial charge >= 0.3 is 0 Å². The predicted octanol–water partition coefficient (Wildman–Crippen LogP) is 4.34. The molecule has 1 aromatic heterocycles. The second kappa shape index (κ2) is 11.3. The van der Waals surface area contributed by atoms with Crippen molar-refractivity contribution in [2.24, 2.45) is 5.10 Å². The van der Waals surface area contributed by atoms with Crippen molar-refractivity contribution < 1.29 is 19.7 Å². The van der Waals surface area contributed by atoms with Crippen LogP contribution in [0.1, 0.15) is 5.56 Å². The quantitative estimate of drug-likeness (QED) is 0.132. The fourth-order valence-electron chi connectivity index (χ4n) is 3.06. The van der Waals surface area contributed by atoms with Gasteiger partial charge in [-0.1, -0.05) is 0 Å². The molecule has 4 aromatic rings. The highest BCUT2D eigenvalue weighted by molar-refractivity contribution is 5.84. The van der Waals surface area contributed by atoms with Crippen LogP contribution in [-0.2, 0) is 0 Å². The molecule has 0 saturated carbocycles. The van der Waals surface area contributed by atoms with E-state index >= 15 is 0 Å². The van der Waals surface area contributed by atoms with Crippen LogP contribution in [-0.4, -0.2) is 43.2 Å². The molecule has 0 aliphatic heterocycles. The van der Waals surface area contributed by atoms with E-state index in [-0.39, 0.29) is 40.5 Å². The molecule has 0 atom stereocenters. The highest BCUT2D eigenvalue weighted by Gasteiger charge is 2.11. The van der Waals surface area contributed by atoms with Crippen LogP contribution in [0.2, 0.25) is 0 Å². The van der Waals surface area contributed by atoms with Crippen molar-refractivity contribution in [3.8, 4) is 11.5 Å². The van der Waals surface area contributed by atoms with E-state index in [9.17, 15) is 25.3 Å². The van der Waals surface area contributed by atoms with E-state index in [4.69, 9.17) is 4.74 Å². The molecule has 0 saturated heterocycles. The molecule has 38 heavy (non-hydrogen) atoms. The normalized spacial score (nSPS) is 10.7. The second-order valence-corrected chi connectivity index (χ2v) is 7.46. The molecule has 4 rings (SSSR count). The maximum Gasteiger partial charge on any atom is 0.270 e. The number of hydrogen-bond acceptors (Lipinski definition) is 13. The zero-order valence-electron chi connectivity index (χ0n) is 19.6.